The molecule has 0 N–H and O–H groups in total. The molecule has 0 aliphatic heterocycles. The van der Waals surface area contributed by atoms with Gasteiger partial charge in [0.2, 0.25) is 0 Å². The Kier molecular flexibility index (Phi) is 6.29. The number of benzene rings is 3. The number of thioether (sulfide) groups is 1. The van der Waals surface area contributed by atoms with E-state index in [1.165, 1.54) is 5.56 Å². The minimum absolute atomic E-state index is 0.865. The lowest BCUT2D eigenvalue weighted by Gasteiger charge is -2.04. The fourth-order valence-corrected chi connectivity index (χ4v) is 3.04. The van der Waals surface area contributed by atoms with Crippen LogP contribution in [0.4, 0.5) is 5.69 Å². The standard InChI is InChI=1S/C23H21NOS/c1-18-8-10-19(11-9-18)23(24-20-6-4-3-5-7-20)16-17-26-22-14-12-21(25-2)13-15-22/h3-17H,1-2H3. The number of nitrogens with zero attached hydrogens (tertiary/aromatic N) is 1. The van der Waals surface area contributed by atoms with Crippen molar-refractivity contribution < 1.29 is 4.74 Å². The molecule has 130 valence electrons. The first-order valence-electron chi connectivity index (χ1n) is 8.42. The third-order valence-corrected chi connectivity index (χ3v) is 4.66. The van der Waals surface area contributed by atoms with Gasteiger partial charge in [0, 0.05) is 10.5 Å². The van der Waals surface area contributed by atoms with Gasteiger partial charge in [-0.05, 0) is 54.8 Å². The first kappa shape index (κ1) is 18.0. The van der Waals surface area contributed by atoms with Crippen LogP contribution in [0.2, 0.25) is 0 Å². The molecule has 0 aliphatic rings. The summed E-state index contributed by atoms with van der Waals surface area (Å²) in [5, 5.41) is 2.07. The highest BCUT2D eigenvalue weighted by Gasteiger charge is 2.01. The molecule has 0 saturated carbocycles. The molecule has 3 aromatic carbocycles. The van der Waals surface area contributed by atoms with Crippen molar-refractivity contribution in [2.75, 3.05) is 7.11 Å². The fraction of sp³-hybridized carbons (Fsp3) is 0.0870. The zero-order valence-electron chi connectivity index (χ0n) is 14.9. The highest BCUT2D eigenvalue weighted by molar-refractivity contribution is 8.02. The molecule has 3 aromatic rings. The van der Waals surface area contributed by atoms with Gasteiger partial charge in [-0.2, -0.15) is 0 Å². The Morgan fingerprint density at radius 3 is 2.23 bits per heavy atom. The van der Waals surface area contributed by atoms with Crippen LogP contribution in [0, 0.1) is 6.92 Å². The summed E-state index contributed by atoms with van der Waals surface area (Å²) in [4.78, 5) is 5.97. The van der Waals surface area contributed by atoms with Crippen molar-refractivity contribution in [1.29, 1.82) is 0 Å². The number of hydrogen-bond acceptors (Lipinski definition) is 3. The van der Waals surface area contributed by atoms with Crippen molar-refractivity contribution in [1.82, 2.24) is 0 Å². The third-order valence-electron chi connectivity index (χ3n) is 3.84. The van der Waals surface area contributed by atoms with Gasteiger partial charge in [-0.3, -0.25) is 0 Å². The number of rotatable bonds is 6. The Bertz CT molecular complexity index is 882. The Morgan fingerprint density at radius 1 is 0.885 bits per heavy atom. The molecule has 0 amide bonds. The first-order valence-corrected chi connectivity index (χ1v) is 9.30. The molecule has 0 spiro atoms. The number of aliphatic imine (C=N–C) groups is 1. The summed E-state index contributed by atoms with van der Waals surface area (Å²) in [6.07, 6.45) is 2.06. The van der Waals surface area contributed by atoms with Crippen molar-refractivity contribution in [3.05, 3.63) is 101 Å². The number of hydrogen-bond donors (Lipinski definition) is 0. The van der Waals surface area contributed by atoms with Crippen LogP contribution < -0.4 is 4.74 Å². The van der Waals surface area contributed by atoms with Gasteiger partial charge in [-0.1, -0.05) is 59.8 Å². The molecular weight excluding hydrogens is 338 g/mol. The minimum Gasteiger partial charge on any atom is -0.497 e. The predicted octanol–water partition coefficient (Wildman–Crippen LogP) is 6.43. The van der Waals surface area contributed by atoms with E-state index in [-0.39, 0.29) is 0 Å². The summed E-state index contributed by atoms with van der Waals surface area (Å²) in [5.41, 5.74) is 4.23. The van der Waals surface area contributed by atoms with E-state index in [4.69, 9.17) is 9.73 Å². The molecular formula is C23H21NOS. The molecule has 0 bridgehead atoms. The molecule has 0 unspecified atom stereocenters. The predicted molar refractivity (Wildman–Crippen MR) is 112 cm³/mol. The van der Waals surface area contributed by atoms with Crippen LogP contribution in [-0.4, -0.2) is 12.8 Å². The van der Waals surface area contributed by atoms with Crippen molar-refractivity contribution in [2.45, 2.75) is 11.8 Å². The van der Waals surface area contributed by atoms with Crippen LogP contribution in [0.3, 0.4) is 0 Å². The summed E-state index contributed by atoms with van der Waals surface area (Å²) < 4.78 is 5.20. The second kappa shape index (κ2) is 9.07. The number of methoxy groups -OCH3 is 1. The Morgan fingerprint density at radius 2 is 1.58 bits per heavy atom. The maximum Gasteiger partial charge on any atom is 0.118 e. The lowest BCUT2D eigenvalue weighted by Crippen LogP contribution is -1.96. The van der Waals surface area contributed by atoms with E-state index >= 15 is 0 Å². The molecule has 0 atom stereocenters. The van der Waals surface area contributed by atoms with Gasteiger partial charge in [0.25, 0.3) is 0 Å². The average Bonchev–Trinajstić information content (AvgIpc) is 2.69. The van der Waals surface area contributed by atoms with E-state index in [1.54, 1.807) is 18.9 Å². The SMILES string of the molecule is COc1ccc(SC=CC(=Nc2ccccc2)c2ccc(C)cc2)cc1. The van der Waals surface area contributed by atoms with Crippen LogP contribution >= 0.6 is 11.8 Å². The molecule has 0 fully saturated rings. The van der Waals surface area contributed by atoms with Crippen molar-refractivity contribution in [2.24, 2.45) is 4.99 Å². The quantitative estimate of drug-likeness (QED) is 0.373. The molecule has 0 saturated heterocycles. The third kappa shape index (κ3) is 5.11. The topological polar surface area (TPSA) is 21.6 Å². The highest BCUT2D eigenvalue weighted by Crippen LogP contribution is 2.23. The van der Waals surface area contributed by atoms with Crippen molar-refractivity contribution in [3.63, 3.8) is 0 Å². The average molecular weight is 359 g/mol. The zero-order chi connectivity index (χ0) is 18.2. The normalized spacial score (nSPS) is 11.7. The zero-order valence-corrected chi connectivity index (χ0v) is 15.7. The number of aryl methyl sites for hydroxylation is 1. The fourth-order valence-electron chi connectivity index (χ4n) is 2.40. The number of para-hydroxylation sites is 1. The van der Waals surface area contributed by atoms with Crippen LogP contribution in [-0.2, 0) is 0 Å². The summed E-state index contributed by atoms with van der Waals surface area (Å²) in [7, 11) is 1.68. The maximum atomic E-state index is 5.20. The van der Waals surface area contributed by atoms with Gasteiger partial charge in [-0.15, -0.1) is 0 Å². The molecule has 26 heavy (non-hydrogen) atoms. The van der Waals surface area contributed by atoms with Crippen LogP contribution in [0.1, 0.15) is 11.1 Å². The van der Waals surface area contributed by atoms with Gasteiger partial charge >= 0.3 is 0 Å². The van der Waals surface area contributed by atoms with E-state index in [0.717, 1.165) is 27.6 Å². The molecule has 0 radical (unpaired) electrons. The largest absolute Gasteiger partial charge is 0.497 e. The number of ether oxygens (including phenoxy) is 1. The summed E-state index contributed by atoms with van der Waals surface area (Å²) in [6, 6.07) is 26.5. The summed E-state index contributed by atoms with van der Waals surface area (Å²) in [6.45, 7) is 2.09. The molecule has 3 heteroatoms. The van der Waals surface area contributed by atoms with E-state index in [0.29, 0.717) is 0 Å². The van der Waals surface area contributed by atoms with Gasteiger partial charge in [0.1, 0.15) is 5.75 Å². The molecule has 0 aromatic heterocycles. The Hall–Kier alpha value is -2.78. The monoisotopic (exact) mass is 359 g/mol. The van der Waals surface area contributed by atoms with Crippen molar-refractivity contribution in [3.8, 4) is 5.75 Å². The van der Waals surface area contributed by atoms with Crippen molar-refractivity contribution >= 4 is 23.2 Å². The lowest BCUT2D eigenvalue weighted by molar-refractivity contribution is 0.414. The molecule has 0 heterocycles. The smallest absolute Gasteiger partial charge is 0.118 e. The van der Waals surface area contributed by atoms with Gasteiger partial charge < -0.3 is 4.74 Å². The van der Waals surface area contributed by atoms with E-state index in [9.17, 15) is 0 Å². The first-order chi connectivity index (χ1) is 12.7. The van der Waals surface area contributed by atoms with Crippen LogP contribution in [0.25, 0.3) is 0 Å². The maximum absolute atomic E-state index is 5.20. The van der Waals surface area contributed by atoms with Gasteiger partial charge in [0.15, 0.2) is 0 Å². The van der Waals surface area contributed by atoms with Crippen LogP contribution in [0.15, 0.2) is 100 Å². The highest BCUT2D eigenvalue weighted by atomic mass is 32.2. The molecule has 2 nitrogen and oxygen atoms in total. The van der Waals surface area contributed by atoms with E-state index < -0.39 is 0 Å². The molecule has 0 aliphatic carbocycles. The van der Waals surface area contributed by atoms with Gasteiger partial charge in [-0.25, -0.2) is 4.99 Å². The van der Waals surface area contributed by atoms with Gasteiger partial charge in [0.05, 0.1) is 18.5 Å². The van der Waals surface area contributed by atoms with E-state index in [1.807, 2.05) is 54.6 Å². The summed E-state index contributed by atoms with van der Waals surface area (Å²) >= 11 is 1.66. The van der Waals surface area contributed by atoms with E-state index in [2.05, 4.69) is 42.7 Å². The second-order valence-corrected chi connectivity index (χ2v) is 6.77. The number of allylic oxidation sites excluding steroid dienone is 1. The minimum atomic E-state index is 0.865. The second-order valence-electron chi connectivity index (χ2n) is 5.79. The Labute approximate surface area is 159 Å². The van der Waals surface area contributed by atoms with Crippen LogP contribution in [0.5, 0.6) is 5.75 Å². The lowest BCUT2D eigenvalue weighted by atomic mass is 10.1. The molecule has 3 rings (SSSR count). The Balaban J connectivity index is 1.83. The summed E-state index contributed by atoms with van der Waals surface area (Å²) in [5.74, 6) is 0.865.